The first-order valence-electron chi connectivity index (χ1n) is 6.41. The van der Waals surface area contributed by atoms with E-state index in [1.165, 1.54) is 0 Å². The van der Waals surface area contributed by atoms with E-state index in [0.29, 0.717) is 5.75 Å². The predicted octanol–water partition coefficient (Wildman–Crippen LogP) is 3.10. The van der Waals surface area contributed by atoms with E-state index in [1.54, 1.807) is 17.8 Å². The number of carbonyl (C=O) groups is 1. The number of rotatable bonds is 6. The molecule has 0 amide bonds. The van der Waals surface area contributed by atoms with Gasteiger partial charge in [0, 0.05) is 9.79 Å². The highest BCUT2D eigenvalue weighted by atomic mass is 32.2. The molecule has 0 spiro atoms. The fraction of sp³-hybridized carbons (Fsp3) is 0.188. The van der Waals surface area contributed by atoms with E-state index in [9.17, 15) is 4.79 Å². The number of aliphatic hydroxyl groups excluding tert-OH is 1. The quantitative estimate of drug-likeness (QED) is 0.858. The van der Waals surface area contributed by atoms with Crippen LogP contribution in [0.25, 0.3) is 0 Å². The second-order valence-electron chi connectivity index (χ2n) is 4.51. The lowest BCUT2D eigenvalue weighted by molar-refractivity contribution is -0.139. The van der Waals surface area contributed by atoms with Crippen molar-refractivity contribution >= 4 is 17.7 Å². The molecule has 2 N–H and O–H groups in total. The number of hydrogen-bond donors (Lipinski definition) is 2. The summed E-state index contributed by atoms with van der Waals surface area (Å²) in [5, 5.41) is 17.6. The van der Waals surface area contributed by atoms with Crippen LogP contribution >= 0.6 is 11.8 Å². The smallest absolute Gasteiger partial charge is 0.341 e. The van der Waals surface area contributed by atoms with Gasteiger partial charge in [-0.2, -0.15) is 0 Å². The van der Waals surface area contributed by atoms with Crippen molar-refractivity contribution < 1.29 is 19.7 Å². The summed E-state index contributed by atoms with van der Waals surface area (Å²) in [5.74, 6) is -0.408. The van der Waals surface area contributed by atoms with Crippen molar-refractivity contribution in [2.45, 2.75) is 23.3 Å². The normalized spacial score (nSPS) is 10.4. The van der Waals surface area contributed by atoms with Crippen LogP contribution in [-0.2, 0) is 11.4 Å². The van der Waals surface area contributed by atoms with Crippen LogP contribution in [0.1, 0.15) is 11.1 Å². The second kappa shape index (κ2) is 7.15. The van der Waals surface area contributed by atoms with Crippen LogP contribution in [0.5, 0.6) is 5.75 Å². The Morgan fingerprint density at radius 2 is 1.81 bits per heavy atom. The highest BCUT2D eigenvalue weighted by Gasteiger charge is 2.05. The largest absolute Gasteiger partial charge is 0.482 e. The molecule has 2 aromatic carbocycles. The molecule has 110 valence electrons. The Balaban J connectivity index is 2.06. The van der Waals surface area contributed by atoms with E-state index in [-0.39, 0.29) is 13.2 Å². The first-order valence-corrected chi connectivity index (χ1v) is 7.23. The molecule has 0 aliphatic heterocycles. The van der Waals surface area contributed by atoms with Crippen molar-refractivity contribution in [1.82, 2.24) is 0 Å². The first kappa shape index (κ1) is 15.4. The maximum Gasteiger partial charge on any atom is 0.341 e. The lowest BCUT2D eigenvalue weighted by atomic mass is 10.2. The molecule has 0 aliphatic carbocycles. The van der Waals surface area contributed by atoms with Crippen molar-refractivity contribution in [2.24, 2.45) is 0 Å². The summed E-state index contributed by atoms with van der Waals surface area (Å²) < 4.78 is 5.20. The number of aliphatic carboxylic acids is 1. The molecule has 0 bridgehead atoms. The fourth-order valence-corrected chi connectivity index (χ4v) is 2.70. The van der Waals surface area contributed by atoms with Gasteiger partial charge >= 0.3 is 5.97 Å². The number of hydrogen-bond acceptors (Lipinski definition) is 4. The molecule has 2 rings (SSSR count). The summed E-state index contributed by atoms with van der Waals surface area (Å²) in [5.41, 5.74) is 1.78. The van der Waals surface area contributed by atoms with Crippen molar-refractivity contribution in [3.8, 4) is 5.75 Å². The average molecular weight is 304 g/mol. The standard InChI is InChI=1S/C16H16O4S/c1-11-8-14(6-7-15(11)20-10-16(18)19)21-13-4-2-12(9-17)3-5-13/h2-8,17H,9-10H2,1H3,(H,18,19). The predicted molar refractivity (Wildman–Crippen MR) is 80.8 cm³/mol. The highest BCUT2D eigenvalue weighted by molar-refractivity contribution is 7.99. The van der Waals surface area contributed by atoms with E-state index in [4.69, 9.17) is 14.9 Å². The monoisotopic (exact) mass is 304 g/mol. The Kier molecular flexibility index (Phi) is 5.25. The van der Waals surface area contributed by atoms with E-state index in [0.717, 1.165) is 20.9 Å². The molecule has 0 heterocycles. The molecule has 0 aromatic heterocycles. The minimum absolute atomic E-state index is 0.0413. The molecule has 0 atom stereocenters. The SMILES string of the molecule is Cc1cc(Sc2ccc(CO)cc2)ccc1OCC(=O)O. The molecule has 5 heteroatoms. The zero-order chi connectivity index (χ0) is 15.2. The van der Waals surface area contributed by atoms with Gasteiger partial charge < -0.3 is 14.9 Å². The van der Waals surface area contributed by atoms with Crippen LogP contribution in [-0.4, -0.2) is 22.8 Å². The van der Waals surface area contributed by atoms with Gasteiger partial charge in [-0.05, 0) is 48.4 Å². The topological polar surface area (TPSA) is 66.8 Å². The minimum atomic E-state index is -0.989. The number of aryl methyl sites for hydroxylation is 1. The van der Waals surface area contributed by atoms with Gasteiger partial charge in [0.1, 0.15) is 5.75 Å². The summed E-state index contributed by atoms with van der Waals surface area (Å²) in [6, 6.07) is 13.3. The number of carboxylic acids is 1. The van der Waals surface area contributed by atoms with Crippen molar-refractivity contribution in [1.29, 1.82) is 0 Å². The Morgan fingerprint density at radius 1 is 1.14 bits per heavy atom. The third-order valence-corrected chi connectivity index (χ3v) is 3.84. The van der Waals surface area contributed by atoms with Gasteiger partial charge in [0.2, 0.25) is 0 Å². The van der Waals surface area contributed by atoms with Gasteiger partial charge in [0.05, 0.1) is 6.61 Å². The maximum atomic E-state index is 10.5. The Bertz CT molecular complexity index is 623. The molecule has 0 saturated heterocycles. The van der Waals surface area contributed by atoms with Gasteiger partial charge in [0.25, 0.3) is 0 Å². The van der Waals surface area contributed by atoms with Crippen LogP contribution in [0.2, 0.25) is 0 Å². The first-order chi connectivity index (χ1) is 10.1. The van der Waals surface area contributed by atoms with E-state index >= 15 is 0 Å². The van der Waals surface area contributed by atoms with Crippen LogP contribution in [0, 0.1) is 6.92 Å². The fourth-order valence-electron chi connectivity index (χ4n) is 1.79. The summed E-state index contributed by atoms with van der Waals surface area (Å²) in [7, 11) is 0. The van der Waals surface area contributed by atoms with Gasteiger partial charge in [-0.15, -0.1) is 0 Å². The van der Waals surface area contributed by atoms with Crippen LogP contribution < -0.4 is 4.74 Å². The Morgan fingerprint density at radius 3 is 2.38 bits per heavy atom. The van der Waals surface area contributed by atoms with E-state index < -0.39 is 5.97 Å². The summed E-state index contributed by atoms with van der Waals surface area (Å²) in [4.78, 5) is 12.6. The maximum absolute atomic E-state index is 10.5. The average Bonchev–Trinajstić information content (AvgIpc) is 2.47. The van der Waals surface area contributed by atoms with Crippen molar-refractivity contribution in [3.05, 3.63) is 53.6 Å². The van der Waals surface area contributed by atoms with Crippen LogP contribution in [0.15, 0.2) is 52.3 Å². The van der Waals surface area contributed by atoms with Crippen molar-refractivity contribution in [2.75, 3.05) is 6.61 Å². The molecule has 0 fully saturated rings. The van der Waals surface area contributed by atoms with Gasteiger partial charge in [-0.3, -0.25) is 0 Å². The second-order valence-corrected chi connectivity index (χ2v) is 5.66. The molecular weight excluding hydrogens is 288 g/mol. The molecule has 21 heavy (non-hydrogen) atoms. The molecule has 0 radical (unpaired) electrons. The third-order valence-electron chi connectivity index (χ3n) is 2.84. The Hall–Kier alpha value is -1.98. The van der Waals surface area contributed by atoms with Gasteiger partial charge in [-0.1, -0.05) is 23.9 Å². The lowest BCUT2D eigenvalue weighted by Gasteiger charge is -2.09. The van der Waals surface area contributed by atoms with E-state index in [1.807, 2.05) is 43.3 Å². The number of benzene rings is 2. The van der Waals surface area contributed by atoms with Crippen LogP contribution in [0.3, 0.4) is 0 Å². The number of ether oxygens (including phenoxy) is 1. The minimum Gasteiger partial charge on any atom is -0.482 e. The van der Waals surface area contributed by atoms with Gasteiger partial charge in [-0.25, -0.2) is 4.79 Å². The van der Waals surface area contributed by atoms with Crippen molar-refractivity contribution in [3.63, 3.8) is 0 Å². The summed E-state index contributed by atoms with van der Waals surface area (Å²) >= 11 is 1.60. The summed E-state index contributed by atoms with van der Waals surface area (Å²) in [6.45, 7) is 1.59. The molecule has 0 saturated carbocycles. The number of carboxylic acid groups (broad SMARTS) is 1. The lowest BCUT2D eigenvalue weighted by Crippen LogP contribution is -2.09. The molecule has 4 nitrogen and oxygen atoms in total. The van der Waals surface area contributed by atoms with E-state index in [2.05, 4.69) is 0 Å². The molecular formula is C16H16O4S. The number of aliphatic hydroxyl groups is 1. The zero-order valence-electron chi connectivity index (χ0n) is 11.6. The molecule has 0 unspecified atom stereocenters. The summed E-state index contributed by atoms with van der Waals surface area (Å²) in [6.07, 6.45) is 0. The molecule has 2 aromatic rings. The molecule has 0 aliphatic rings. The van der Waals surface area contributed by atoms with Crippen LogP contribution in [0.4, 0.5) is 0 Å². The Labute approximate surface area is 127 Å². The van der Waals surface area contributed by atoms with Gasteiger partial charge in [0.15, 0.2) is 6.61 Å². The third kappa shape index (κ3) is 4.51. The zero-order valence-corrected chi connectivity index (χ0v) is 12.4. The highest BCUT2D eigenvalue weighted by Crippen LogP contribution is 2.31.